The van der Waals surface area contributed by atoms with Crippen LogP contribution in [0, 0.1) is 0 Å². The van der Waals surface area contributed by atoms with Crippen LogP contribution in [0.5, 0.6) is 5.75 Å². The molecule has 2 aromatic heterocycles. The number of ether oxygens (including phenoxy) is 1. The zero-order chi connectivity index (χ0) is 17.6. The lowest BCUT2D eigenvalue weighted by Gasteiger charge is -2.08. The van der Waals surface area contributed by atoms with Gasteiger partial charge in [0.15, 0.2) is 11.5 Å². The third-order valence-corrected chi connectivity index (χ3v) is 3.71. The van der Waals surface area contributed by atoms with E-state index in [9.17, 15) is 13.2 Å². The highest BCUT2D eigenvalue weighted by atomic mass is 35.5. The number of benzene rings is 2. The van der Waals surface area contributed by atoms with Crippen molar-refractivity contribution in [2.24, 2.45) is 0 Å². The molecule has 0 bridgehead atoms. The standard InChI is InChI=1S/C16H8ClF3N4O/c17-15-21-12-7-2-1-6-11(12)14-22-13(23-24(14)15)9-4-3-5-10(8-9)25-16(18,19)20/h1-8H. The van der Waals surface area contributed by atoms with Gasteiger partial charge in [-0.15, -0.1) is 18.3 Å². The van der Waals surface area contributed by atoms with E-state index in [-0.39, 0.29) is 16.9 Å². The lowest BCUT2D eigenvalue weighted by molar-refractivity contribution is -0.274. The maximum Gasteiger partial charge on any atom is 0.573 e. The van der Waals surface area contributed by atoms with E-state index in [0.29, 0.717) is 16.7 Å². The normalized spacial score (nSPS) is 12.0. The molecule has 0 aliphatic rings. The fraction of sp³-hybridized carbons (Fsp3) is 0.0625. The van der Waals surface area contributed by atoms with Gasteiger partial charge in [-0.2, -0.15) is 4.52 Å². The largest absolute Gasteiger partial charge is 0.573 e. The second-order valence-corrected chi connectivity index (χ2v) is 5.48. The Morgan fingerprint density at radius 1 is 1.00 bits per heavy atom. The Hall–Kier alpha value is -2.87. The van der Waals surface area contributed by atoms with Gasteiger partial charge >= 0.3 is 6.36 Å². The summed E-state index contributed by atoms with van der Waals surface area (Å²) in [7, 11) is 0. The summed E-state index contributed by atoms with van der Waals surface area (Å²) in [6, 6.07) is 12.7. The zero-order valence-corrected chi connectivity index (χ0v) is 13.1. The van der Waals surface area contributed by atoms with Gasteiger partial charge in [-0.25, -0.2) is 9.97 Å². The zero-order valence-electron chi connectivity index (χ0n) is 12.3. The van der Waals surface area contributed by atoms with Crippen molar-refractivity contribution in [2.75, 3.05) is 0 Å². The summed E-state index contributed by atoms with van der Waals surface area (Å²) in [6.07, 6.45) is -4.77. The maximum atomic E-state index is 12.4. The van der Waals surface area contributed by atoms with Crippen LogP contribution in [0.4, 0.5) is 13.2 Å². The molecule has 0 aliphatic heterocycles. The Bertz CT molecular complexity index is 1090. The van der Waals surface area contributed by atoms with E-state index >= 15 is 0 Å². The number of hydrogen-bond donors (Lipinski definition) is 0. The first-order chi connectivity index (χ1) is 11.9. The highest BCUT2D eigenvalue weighted by Gasteiger charge is 2.31. The molecule has 2 heterocycles. The van der Waals surface area contributed by atoms with Crippen LogP contribution in [0.1, 0.15) is 0 Å². The SMILES string of the molecule is FC(F)(F)Oc1cccc(-c2nc3c4ccccc4nc(Cl)n3n2)c1. The van der Waals surface area contributed by atoms with Gasteiger partial charge in [0, 0.05) is 10.9 Å². The van der Waals surface area contributed by atoms with Crippen molar-refractivity contribution in [1.82, 2.24) is 19.6 Å². The first-order valence-corrected chi connectivity index (χ1v) is 7.46. The second-order valence-electron chi connectivity index (χ2n) is 5.14. The molecule has 9 heteroatoms. The van der Waals surface area contributed by atoms with Crippen LogP contribution in [0.15, 0.2) is 48.5 Å². The highest BCUT2D eigenvalue weighted by Crippen LogP contribution is 2.28. The molecule has 0 fully saturated rings. The monoisotopic (exact) mass is 364 g/mol. The molecule has 0 radical (unpaired) electrons. The fourth-order valence-electron chi connectivity index (χ4n) is 2.48. The summed E-state index contributed by atoms with van der Waals surface area (Å²) in [5.41, 5.74) is 1.48. The van der Waals surface area contributed by atoms with E-state index in [0.717, 1.165) is 5.39 Å². The Morgan fingerprint density at radius 2 is 1.80 bits per heavy atom. The van der Waals surface area contributed by atoms with Crippen molar-refractivity contribution in [2.45, 2.75) is 6.36 Å². The molecule has 4 rings (SSSR count). The number of alkyl halides is 3. The van der Waals surface area contributed by atoms with Gasteiger partial charge in [-0.05, 0) is 35.9 Å². The van der Waals surface area contributed by atoms with Crippen molar-refractivity contribution in [1.29, 1.82) is 0 Å². The van der Waals surface area contributed by atoms with Gasteiger partial charge in [-0.1, -0.05) is 24.3 Å². The van der Waals surface area contributed by atoms with Crippen LogP contribution in [-0.4, -0.2) is 25.9 Å². The Morgan fingerprint density at radius 3 is 2.60 bits per heavy atom. The number of aromatic nitrogens is 4. The molecular formula is C16H8ClF3N4O. The van der Waals surface area contributed by atoms with Gasteiger partial charge in [0.1, 0.15) is 5.75 Å². The van der Waals surface area contributed by atoms with E-state index in [4.69, 9.17) is 11.6 Å². The van der Waals surface area contributed by atoms with Crippen LogP contribution in [0.3, 0.4) is 0 Å². The molecule has 0 saturated carbocycles. The quantitative estimate of drug-likeness (QED) is 0.491. The van der Waals surface area contributed by atoms with Gasteiger partial charge in [0.05, 0.1) is 5.52 Å². The van der Waals surface area contributed by atoms with Crippen LogP contribution in [0.2, 0.25) is 5.28 Å². The van der Waals surface area contributed by atoms with Crippen LogP contribution >= 0.6 is 11.6 Å². The summed E-state index contributed by atoms with van der Waals surface area (Å²) in [5.74, 6) is -0.134. The molecule has 0 spiro atoms. The second kappa shape index (κ2) is 5.59. The molecule has 0 N–H and O–H groups in total. The van der Waals surface area contributed by atoms with Gasteiger partial charge < -0.3 is 4.74 Å². The molecule has 0 aliphatic carbocycles. The molecule has 0 saturated heterocycles. The fourth-order valence-corrected chi connectivity index (χ4v) is 2.69. The molecule has 25 heavy (non-hydrogen) atoms. The van der Waals surface area contributed by atoms with Crippen LogP contribution in [0.25, 0.3) is 27.9 Å². The summed E-state index contributed by atoms with van der Waals surface area (Å²) in [6.45, 7) is 0. The third-order valence-electron chi connectivity index (χ3n) is 3.47. The Balaban J connectivity index is 1.86. The average Bonchev–Trinajstić information content (AvgIpc) is 3.00. The topological polar surface area (TPSA) is 52.3 Å². The first-order valence-electron chi connectivity index (χ1n) is 7.08. The number of nitrogens with zero attached hydrogens (tertiary/aromatic N) is 4. The van der Waals surface area contributed by atoms with E-state index in [2.05, 4.69) is 19.8 Å². The minimum Gasteiger partial charge on any atom is -0.406 e. The lowest BCUT2D eigenvalue weighted by atomic mass is 10.2. The molecular weight excluding hydrogens is 357 g/mol. The number of hydrogen-bond acceptors (Lipinski definition) is 4. The lowest BCUT2D eigenvalue weighted by Crippen LogP contribution is -2.17. The van der Waals surface area contributed by atoms with Crippen molar-refractivity contribution in [3.63, 3.8) is 0 Å². The predicted octanol–water partition coefficient (Wildman–Crippen LogP) is 4.50. The number of rotatable bonds is 2. The van der Waals surface area contributed by atoms with E-state index in [1.54, 1.807) is 12.1 Å². The minimum absolute atomic E-state index is 0.107. The summed E-state index contributed by atoms with van der Waals surface area (Å²) >= 11 is 6.13. The van der Waals surface area contributed by atoms with Crippen molar-refractivity contribution >= 4 is 28.2 Å². The molecule has 5 nitrogen and oxygen atoms in total. The molecule has 4 aromatic rings. The van der Waals surface area contributed by atoms with Crippen molar-refractivity contribution in [3.05, 3.63) is 53.8 Å². The summed E-state index contributed by atoms with van der Waals surface area (Å²) in [5, 5.41) is 5.08. The number of fused-ring (bicyclic) bond motifs is 3. The van der Waals surface area contributed by atoms with E-state index < -0.39 is 6.36 Å². The Kier molecular flexibility index (Phi) is 3.50. The van der Waals surface area contributed by atoms with Gasteiger partial charge in [0.25, 0.3) is 0 Å². The molecule has 126 valence electrons. The average molecular weight is 365 g/mol. The van der Waals surface area contributed by atoms with Crippen molar-refractivity contribution in [3.8, 4) is 17.1 Å². The third kappa shape index (κ3) is 2.96. The van der Waals surface area contributed by atoms with E-state index in [1.807, 2.05) is 18.2 Å². The Labute approximate surface area is 143 Å². The molecule has 2 aromatic carbocycles. The van der Waals surface area contributed by atoms with Gasteiger partial charge in [-0.3, -0.25) is 0 Å². The summed E-state index contributed by atoms with van der Waals surface area (Å²) < 4.78 is 42.4. The predicted molar refractivity (Wildman–Crippen MR) is 85.4 cm³/mol. The van der Waals surface area contributed by atoms with E-state index in [1.165, 1.54) is 22.7 Å². The smallest absolute Gasteiger partial charge is 0.406 e. The maximum absolute atomic E-state index is 12.4. The number of halogens is 4. The number of para-hydroxylation sites is 1. The van der Waals surface area contributed by atoms with Gasteiger partial charge in [0.2, 0.25) is 5.28 Å². The van der Waals surface area contributed by atoms with Crippen LogP contribution in [-0.2, 0) is 0 Å². The van der Waals surface area contributed by atoms with Crippen LogP contribution < -0.4 is 4.74 Å². The van der Waals surface area contributed by atoms with Crippen molar-refractivity contribution < 1.29 is 17.9 Å². The first kappa shape index (κ1) is 15.6. The highest BCUT2D eigenvalue weighted by molar-refractivity contribution is 6.29. The molecule has 0 amide bonds. The molecule has 0 unspecified atom stereocenters. The minimum atomic E-state index is -4.77. The molecule has 0 atom stereocenters. The summed E-state index contributed by atoms with van der Waals surface area (Å²) in [4.78, 5) is 8.63.